The summed E-state index contributed by atoms with van der Waals surface area (Å²) in [6.07, 6.45) is 1.93. The highest BCUT2D eigenvalue weighted by Gasteiger charge is 2.26. The second-order valence-electron chi connectivity index (χ2n) is 7.88. The maximum Gasteiger partial charge on any atom is 0.407 e. The fraction of sp³-hybridized carbons (Fsp3) is 0.391. The predicted octanol–water partition coefficient (Wildman–Crippen LogP) is 3.01. The molecule has 8 nitrogen and oxygen atoms in total. The van der Waals surface area contributed by atoms with Gasteiger partial charge in [-0.2, -0.15) is 0 Å². The average Bonchev–Trinajstić information content (AvgIpc) is 3.24. The lowest BCUT2D eigenvalue weighted by Crippen LogP contribution is -2.40. The summed E-state index contributed by atoms with van der Waals surface area (Å²) in [6.45, 7) is 2.81. The van der Waals surface area contributed by atoms with Gasteiger partial charge >= 0.3 is 6.09 Å². The molecule has 2 aliphatic heterocycles. The molecule has 0 aliphatic carbocycles. The van der Waals surface area contributed by atoms with Crippen molar-refractivity contribution in [3.8, 4) is 0 Å². The normalized spacial score (nSPS) is 19.1. The number of benzene rings is 2. The van der Waals surface area contributed by atoms with Gasteiger partial charge in [0, 0.05) is 37.2 Å². The first kappa shape index (κ1) is 21.0. The van der Waals surface area contributed by atoms with Crippen molar-refractivity contribution >= 4 is 29.1 Å². The molecule has 4 N–H and O–H groups in total. The number of hydrogen-bond acceptors (Lipinski definition) is 6. The van der Waals surface area contributed by atoms with Gasteiger partial charge in [0.05, 0.1) is 30.6 Å². The molecular formula is C23H28N4O4. The summed E-state index contributed by atoms with van der Waals surface area (Å²) < 4.78 is 10.8. The Balaban J connectivity index is 1.28. The zero-order valence-electron chi connectivity index (χ0n) is 17.4. The van der Waals surface area contributed by atoms with Gasteiger partial charge in [-0.05, 0) is 42.8 Å². The first-order valence-electron chi connectivity index (χ1n) is 10.6. The minimum Gasteiger partial charge on any atom is -0.446 e. The molecule has 8 heteroatoms. The summed E-state index contributed by atoms with van der Waals surface area (Å²) in [5, 5.41) is 5.80. The molecule has 0 bridgehead atoms. The number of amides is 2. The zero-order valence-corrected chi connectivity index (χ0v) is 17.4. The van der Waals surface area contributed by atoms with Crippen molar-refractivity contribution in [1.82, 2.24) is 5.32 Å². The van der Waals surface area contributed by atoms with Crippen molar-refractivity contribution in [3.05, 3.63) is 54.1 Å². The summed E-state index contributed by atoms with van der Waals surface area (Å²) in [5.41, 5.74) is 8.58. The van der Waals surface area contributed by atoms with Gasteiger partial charge in [-0.1, -0.05) is 12.1 Å². The van der Waals surface area contributed by atoms with Gasteiger partial charge in [-0.25, -0.2) is 4.79 Å². The number of carbonyl (C=O) groups excluding carboxylic acids is 2. The lowest BCUT2D eigenvalue weighted by molar-refractivity contribution is 0.000984. The van der Waals surface area contributed by atoms with E-state index in [4.69, 9.17) is 15.2 Å². The van der Waals surface area contributed by atoms with Gasteiger partial charge in [0.1, 0.15) is 6.10 Å². The van der Waals surface area contributed by atoms with Gasteiger partial charge in [0.2, 0.25) is 0 Å². The van der Waals surface area contributed by atoms with E-state index in [2.05, 4.69) is 15.5 Å². The van der Waals surface area contributed by atoms with Crippen LogP contribution in [-0.4, -0.2) is 50.4 Å². The maximum atomic E-state index is 12.5. The van der Waals surface area contributed by atoms with E-state index in [-0.39, 0.29) is 24.1 Å². The molecule has 2 amide bonds. The molecule has 0 spiro atoms. The Morgan fingerprint density at radius 2 is 1.77 bits per heavy atom. The summed E-state index contributed by atoms with van der Waals surface area (Å²) in [7, 11) is 0. The summed E-state index contributed by atoms with van der Waals surface area (Å²) in [5.74, 6) is -0.207. The van der Waals surface area contributed by atoms with Crippen molar-refractivity contribution in [2.45, 2.75) is 31.4 Å². The number of hydrogen-bond donors (Lipinski definition) is 3. The lowest BCUT2D eigenvalue weighted by atomic mass is 10.1. The van der Waals surface area contributed by atoms with Crippen LogP contribution in [0.4, 0.5) is 21.9 Å². The number of nitrogens with one attached hydrogen (secondary N) is 2. The number of rotatable bonds is 5. The Kier molecular flexibility index (Phi) is 6.57. The van der Waals surface area contributed by atoms with Crippen LogP contribution in [0.15, 0.2) is 48.5 Å². The van der Waals surface area contributed by atoms with Crippen molar-refractivity contribution in [2.24, 2.45) is 0 Å². The van der Waals surface area contributed by atoms with E-state index in [9.17, 15) is 9.59 Å². The van der Waals surface area contributed by atoms with Crippen LogP contribution in [0.1, 0.15) is 29.6 Å². The van der Waals surface area contributed by atoms with Crippen LogP contribution in [0.3, 0.4) is 0 Å². The van der Waals surface area contributed by atoms with Gasteiger partial charge < -0.3 is 30.7 Å². The molecule has 2 saturated heterocycles. The number of anilines is 3. The molecular weight excluding hydrogens is 396 g/mol. The molecule has 1 atom stereocenters. The number of nitrogens with zero attached hydrogens (tertiary/aromatic N) is 1. The summed E-state index contributed by atoms with van der Waals surface area (Å²) in [6, 6.07) is 14.6. The number of ether oxygens (including phenoxy) is 2. The van der Waals surface area contributed by atoms with Gasteiger partial charge in [-0.15, -0.1) is 0 Å². The highest BCUT2D eigenvalue weighted by atomic mass is 16.6. The third kappa shape index (κ3) is 5.46. The quantitative estimate of drug-likeness (QED) is 0.637. The topological polar surface area (TPSA) is 106 Å². The number of nitrogen functional groups attached to an aromatic ring is 1. The maximum absolute atomic E-state index is 12.5. The Hall–Kier alpha value is -3.26. The van der Waals surface area contributed by atoms with E-state index in [1.807, 2.05) is 24.3 Å². The van der Waals surface area contributed by atoms with Crippen LogP contribution >= 0.6 is 0 Å². The molecule has 31 heavy (non-hydrogen) atoms. The molecule has 2 aromatic rings. The van der Waals surface area contributed by atoms with Gasteiger partial charge in [0.15, 0.2) is 0 Å². The molecule has 2 heterocycles. The van der Waals surface area contributed by atoms with Crippen molar-refractivity contribution < 1.29 is 19.1 Å². The first-order chi connectivity index (χ1) is 15.1. The molecule has 2 fully saturated rings. The van der Waals surface area contributed by atoms with E-state index in [0.717, 1.165) is 31.5 Å². The summed E-state index contributed by atoms with van der Waals surface area (Å²) >= 11 is 0. The second kappa shape index (κ2) is 9.70. The van der Waals surface area contributed by atoms with Crippen LogP contribution in [0, 0.1) is 0 Å². The van der Waals surface area contributed by atoms with E-state index in [0.29, 0.717) is 36.7 Å². The standard InChI is InChI=1S/C23H28N4O4/c24-20-3-1-2-4-21(20)26-22(28)16-5-7-18(8-6-16)27-12-9-17(15-27)25-23(29)31-19-10-13-30-14-11-19/h1-8,17,19H,9-15,24H2,(H,25,29)(H,26,28). The zero-order chi connectivity index (χ0) is 21.6. The number of alkyl carbamates (subject to hydrolysis) is 1. The average molecular weight is 425 g/mol. The summed E-state index contributed by atoms with van der Waals surface area (Å²) in [4.78, 5) is 26.8. The molecule has 1 unspecified atom stereocenters. The predicted molar refractivity (Wildman–Crippen MR) is 119 cm³/mol. The molecule has 0 saturated carbocycles. The second-order valence-corrected chi connectivity index (χ2v) is 7.88. The van der Waals surface area contributed by atoms with E-state index >= 15 is 0 Å². The fourth-order valence-corrected chi connectivity index (χ4v) is 3.89. The smallest absolute Gasteiger partial charge is 0.407 e. The van der Waals surface area contributed by atoms with Crippen molar-refractivity contribution in [1.29, 1.82) is 0 Å². The molecule has 0 radical (unpaired) electrons. The largest absolute Gasteiger partial charge is 0.446 e. The molecule has 2 aromatic carbocycles. The van der Waals surface area contributed by atoms with E-state index in [1.54, 1.807) is 24.3 Å². The third-order valence-corrected chi connectivity index (χ3v) is 5.66. The van der Waals surface area contributed by atoms with Crippen LogP contribution in [0.5, 0.6) is 0 Å². The Morgan fingerprint density at radius 1 is 1.03 bits per heavy atom. The van der Waals surface area contributed by atoms with E-state index in [1.165, 1.54) is 0 Å². The lowest BCUT2D eigenvalue weighted by Gasteiger charge is -2.23. The first-order valence-corrected chi connectivity index (χ1v) is 10.6. The van der Waals surface area contributed by atoms with Crippen molar-refractivity contribution in [2.75, 3.05) is 42.3 Å². The number of carbonyl (C=O) groups is 2. The molecule has 164 valence electrons. The van der Waals surface area contributed by atoms with Gasteiger partial charge in [0.25, 0.3) is 5.91 Å². The van der Waals surface area contributed by atoms with E-state index < -0.39 is 0 Å². The van der Waals surface area contributed by atoms with Crippen LogP contribution in [0.2, 0.25) is 0 Å². The van der Waals surface area contributed by atoms with Crippen LogP contribution in [0.25, 0.3) is 0 Å². The number of para-hydroxylation sites is 2. The van der Waals surface area contributed by atoms with Gasteiger partial charge in [-0.3, -0.25) is 4.79 Å². The molecule has 0 aromatic heterocycles. The third-order valence-electron chi connectivity index (χ3n) is 5.66. The Morgan fingerprint density at radius 3 is 2.52 bits per heavy atom. The molecule has 2 aliphatic rings. The monoisotopic (exact) mass is 424 g/mol. The minimum atomic E-state index is -0.356. The number of nitrogens with two attached hydrogens (primary N) is 1. The van der Waals surface area contributed by atoms with Crippen molar-refractivity contribution in [3.63, 3.8) is 0 Å². The molecule has 4 rings (SSSR count). The SMILES string of the molecule is Nc1ccccc1NC(=O)c1ccc(N2CCC(NC(=O)OC3CCOCC3)C2)cc1. The highest BCUT2D eigenvalue weighted by Crippen LogP contribution is 2.23. The Bertz CT molecular complexity index is 912. The highest BCUT2D eigenvalue weighted by molar-refractivity contribution is 6.05. The minimum absolute atomic E-state index is 0.0383. The fourth-order valence-electron chi connectivity index (χ4n) is 3.89. The van der Waals surface area contributed by atoms with Crippen LogP contribution < -0.4 is 21.3 Å². The Labute approximate surface area is 181 Å². The van der Waals surface area contributed by atoms with Crippen LogP contribution in [-0.2, 0) is 9.47 Å².